The third kappa shape index (κ3) is 5.61. The number of pyridine rings is 1. The number of aromatic nitrogens is 2. The molecule has 0 spiro atoms. The fourth-order valence-electron chi connectivity index (χ4n) is 4.22. The number of hydrogen-bond donors (Lipinski definition) is 3. The molecule has 2 heterocycles. The number of carbonyl (C=O) groups excluding carboxylic acids is 2. The normalized spacial score (nSPS) is 11.6. The van der Waals surface area contributed by atoms with Gasteiger partial charge in [-0.2, -0.15) is 0 Å². The Morgan fingerprint density at radius 2 is 1.84 bits per heavy atom. The van der Waals surface area contributed by atoms with E-state index in [2.05, 4.69) is 10.6 Å². The molecule has 4 aromatic rings. The summed E-state index contributed by atoms with van der Waals surface area (Å²) in [6.45, 7) is 3.77. The van der Waals surface area contributed by atoms with Crippen molar-refractivity contribution in [3.05, 3.63) is 89.1 Å². The Morgan fingerprint density at radius 3 is 2.54 bits per heavy atom. The van der Waals surface area contributed by atoms with Gasteiger partial charge in [0, 0.05) is 11.8 Å². The molecule has 0 aliphatic rings. The maximum absolute atomic E-state index is 13.5. The Balaban J connectivity index is 1.78. The Morgan fingerprint density at radius 1 is 1.05 bits per heavy atom. The Hall–Kier alpha value is -4.66. The average Bonchev–Trinajstić information content (AvgIpc) is 3.25. The van der Waals surface area contributed by atoms with E-state index in [0.29, 0.717) is 22.7 Å². The lowest BCUT2D eigenvalue weighted by molar-refractivity contribution is -0.139. The topological polar surface area (TPSA) is 122 Å². The van der Waals surface area contributed by atoms with E-state index in [1.807, 2.05) is 56.3 Å². The first-order valence-corrected chi connectivity index (χ1v) is 11.8. The number of amides is 1. The molecule has 1 amide bonds. The largest absolute Gasteiger partial charge is 0.481 e. The van der Waals surface area contributed by atoms with E-state index in [-0.39, 0.29) is 18.5 Å². The summed E-state index contributed by atoms with van der Waals surface area (Å²) in [5.41, 5.74) is 4.68. The number of carboxylic acids is 1. The van der Waals surface area contributed by atoms with Gasteiger partial charge in [-0.1, -0.05) is 54.1 Å². The van der Waals surface area contributed by atoms with E-state index in [1.54, 1.807) is 28.8 Å². The number of anilines is 1. The molecule has 0 fully saturated rings. The van der Waals surface area contributed by atoms with Crippen molar-refractivity contribution in [2.24, 2.45) is 0 Å². The monoisotopic (exact) mass is 500 g/mol. The standard InChI is InChI=1S/C28H28N4O5/c1-17-8-6-10-19(14-17)22(15-23(33)34)30-28(36)21-12-7-13-32-26(21)31-25(20-11-5-4-9-18(20)2)27(32)29-16-24(35)37-3/h4-14,22,29H,15-16H2,1-3H3,(H,30,36)(H,33,34). The van der Waals surface area contributed by atoms with E-state index >= 15 is 0 Å². The van der Waals surface area contributed by atoms with Crippen molar-refractivity contribution in [2.75, 3.05) is 19.0 Å². The van der Waals surface area contributed by atoms with Gasteiger partial charge in [-0.15, -0.1) is 0 Å². The van der Waals surface area contributed by atoms with Gasteiger partial charge in [0.05, 0.1) is 25.1 Å². The fraction of sp³-hybridized carbons (Fsp3) is 0.214. The number of nitrogens with zero attached hydrogens (tertiary/aromatic N) is 2. The third-order valence-electron chi connectivity index (χ3n) is 6.05. The highest BCUT2D eigenvalue weighted by Gasteiger charge is 2.24. The number of carbonyl (C=O) groups is 3. The first-order chi connectivity index (χ1) is 17.8. The van der Waals surface area contributed by atoms with Crippen molar-refractivity contribution in [1.82, 2.24) is 14.7 Å². The number of benzene rings is 2. The van der Waals surface area contributed by atoms with Gasteiger partial charge in [0.2, 0.25) is 0 Å². The number of aryl methyl sites for hydroxylation is 2. The van der Waals surface area contributed by atoms with Crippen LogP contribution in [0.25, 0.3) is 16.9 Å². The number of nitrogens with one attached hydrogen (secondary N) is 2. The maximum atomic E-state index is 13.5. The molecule has 0 bridgehead atoms. The lowest BCUT2D eigenvalue weighted by Crippen LogP contribution is -2.30. The molecule has 9 nitrogen and oxygen atoms in total. The van der Waals surface area contributed by atoms with Crippen LogP contribution in [0.3, 0.4) is 0 Å². The number of rotatable bonds is 9. The van der Waals surface area contributed by atoms with Crippen LogP contribution in [0.2, 0.25) is 0 Å². The summed E-state index contributed by atoms with van der Waals surface area (Å²) in [4.78, 5) is 41.7. The van der Waals surface area contributed by atoms with Crippen LogP contribution < -0.4 is 10.6 Å². The van der Waals surface area contributed by atoms with Crippen molar-refractivity contribution < 1.29 is 24.2 Å². The second-order valence-corrected chi connectivity index (χ2v) is 8.71. The van der Waals surface area contributed by atoms with Crippen LogP contribution in [0.4, 0.5) is 5.82 Å². The van der Waals surface area contributed by atoms with Crippen LogP contribution in [-0.4, -0.2) is 46.0 Å². The van der Waals surface area contributed by atoms with Crippen molar-refractivity contribution in [1.29, 1.82) is 0 Å². The number of carboxylic acid groups (broad SMARTS) is 1. The predicted molar refractivity (Wildman–Crippen MR) is 140 cm³/mol. The molecule has 3 N–H and O–H groups in total. The van der Waals surface area contributed by atoms with Gasteiger partial charge in [-0.25, -0.2) is 4.98 Å². The minimum absolute atomic E-state index is 0.0896. The van der Waals surface area contributed by atoms with Gasteiger partial charge in [0.25, 0.3) is 5.91 Å². The number of aliphatic carboxylic acids is 1. The maximum Gasteiger partial charge on any atom is 0.325 e. The molecule has 2 aromatic heterocycles. The molecule has 0 radical (unpaired) electrons. The molecule has 37 heavy (non-hydrogen) atoms. The van der Waals surface area contributed by atoms with Gasteiger partial charge in [0.1, 0.15) is 18.1 Å². The first kappa shape index (κ1) is 25.4. The number of ether oxygens (including phenoxy) is 1. The van der Waals surface area contributed by atoms with Gasteiger partial charge in [-0.05, 0) is 37.1 Å². The van der Waals surface area contributed by atoms with Crippen LogP contribution in [0.5, 0.6) is 0 Å². The second-order valence-electron chi connectivity index (χ2n) is 8.71. The summed E-state index contributed by atoms with van der Waals surface area (Å²) in [6.07, 6.45) is 1.48. The van der Waals surface area contributed by atoms with Crippen LogP contribution in [0.15, 0.2) is 66.9 Å². The lowest BCUT2D eigenvalue weighted by Gasteiger charge is -2.18. The van der Waals surface area contributed by atoms with E-state index < -0.39 is 23.9 Å². The third-order valence-corrected chi connectivity index (χ3v) is 6.05. The molecule has 9 heteroatoms. The number of fused-ring (bicyclic) bond motifs is 1. The highest BCUT2D eigenvalue weighted by Crippen LogP contribution is 2.32. The molecule has 0 aliphatic carbocycles. The van der Waals surface area contributed by atoms with E-state index in [4.69, 9.17) is 9.72 Å². The van der Waals surface area contributed by atoms with Gasteiger partial charge in [0.15, 0.2) is 5.65 Å². The second kappa shape index (κ2) is 10.9. The SMILES string of the molecule is COC(=O)CNc1c(-c2ccccc2C)nc2c(C(=O)NC(CC(=O)O)c3cccc(C)c3)cccn12. The summed E-state index contributed by atoms with van der Waals surface area (Å²) in [7, 11) is 1.31. The summed E-state index contributed by atoms with van der Waals surface area (Å²) in [5.74, 6) is -1.40. The summed E-state index contributed by atoms with van der Waals surface area (Å²) in [5, 5.41) is 15.4. The summed E-state index contributed by atoms with van der Waals surface area (Å²) in [6, 6.07) is 17.7. The molecule has 0 saturated carbocycles. The summed E-state index contributed by atoms with van der Waals surface area (Å²) >= 11 is 0. The molecule has 2 aromatic carbocycles. The highest BCUT2D eigenvalue weighted by molar-refractivity contribution is 6.01. The van der Waals surface area contributed by atoms with Crippen LogP contribution in [0, 0.1) is 13.8 Å². The Labute approximate surface area is 214 Å². The van der Waals surface area contributed by atoms with Crippen molar-refractivity contribution in [2.45, 2.75) is 26.3 Å². The zero-order chi connectivity index (χ0) is 26.5. The number of hydrogen-bond acceptors (Lipinski definition) is 6. The lowest BCUT2D eigenvalue weighted by atomic mass is 10.0. The highest BCUT2D eigenvalue weighted by atomic mass is 16.5. The molecule has 1 atom stereocenters. The van der Waals surface area contributed by atoms with Crippen LogP contribution in [0.1, 0.15) is 39.5 Å². The van der Waals surface area contributed by atoms with E-state index in [0.717, 1.165) is 16.7 Å². The Bertz CT molecular complexity index is 1480. The molecule has 4 rings (SSSR count). The number of imidazole rings is 1. The molecular weight excluding hydrogens is 472 g/mol. The van der Waals surface area contributed by atoms with Gasteiger partial charge in [-0.3, -0.25) is 18.8 Å². The van der Waals surface area contributed by atoms with Crippen molar-refractivity contribution in [3.63, 3.8) is 0 Å². The van der Waals surface area contributed by atoms with Crippen LogP contribution in [-0.2, 0) is 14.3 Å². The number of esters is 1. The van der Waals surface area contributed by atoms with Gasteiger partial charge < -0.3 is 20.5 Å². The molecule has 1 unspecified atom stereocenters. The minimum atomic E-state index is -1.03. The summed E-state index contributed by atoms with van der Waals surface area (Å²) < 4.78 is 6.48. The zero-order valence-electron chi connectivity index (χ0n) is 20.8. The van der Waals surface area contributed by atoms with Crippen LogP contribution >= 0.6 is 0 Å². The smallest absolute Gasteiger partial charge is 0.325 e. The van der Waals surface area contributed by atoms with Gasteiger partial charge >= 0.3 is 11.9 Å². The zero-order valence-corrected chi connectivity index (χ0v) is 20.8. The van der Waals surface area contributed by atoms with Crippen molar-refractivity contribution in [3.8, 4) is 11.3 Å². The first-order valence-electron chi connectivity index (χ1n) is 11.8. The average molecular weight is 501 g/mol. The predicted octanol–water partition coefficient (Wildman–Crippen LogP) is 4.15. The number of methoxy groups -OCH3 is 1. The fourth-order valence-corrected chi connectivity index (χ4v) is 4.22. The Kier molecular flexibility index (Phi) is 7.52. The minimum Gasteiger partial charge on any atom is -0.481 e. The molecular formula is C28H28N4O5. The van der Waals surface area contributed by atoms with Crippen molar-refractivity contribution >= 4 is 29.3 Å². The quantitative estimate of drug-likeness (QED) is 0.295. The molecule has 0 aliphatic heterocycles. The van der Waals surface area contributed by atoms with E-state index in [1.165, 1.54) is 7.11 Å². The molecule has 0 saturated heterocycles. The van der Waals surface area contributed by atoms with E-state index in [9.17, 15) is 19.5 Å². The molecule has 190 valence electrons.